The third kappa shape index (κ3) is 3.91. The van der Waals surface area contributed by atoms with Crippen LogP contribution in [0.4, 0.5) is 25.8 Å². The summed E-state index contributed by atoms with van der Waals surface area (Å²) in [6, 6.07) is 0. The molecule has 0 fully saturated rings. The van der Waals surface area contributed by atoms with Gasteiger partial charge in [-0.05, 0) is 0 Å². The lowest BCUT2D eigenvalue weighted by atomic mass is 10.6. The molecule has 0 radical (unpaired) electrons. The van der Waals surface area contributed by atoms with Gasteiger partial charge in [-0.3, -0.25) is 4.74 Å². The van der Waals surface area contributed by atoms with Crippen molar-refractivity contribution >= 4 is 45.0 Å². The summed E-state index contributed by atoms with van der Waals surface area (Å²) in [5.74, 6) is 0. The molecule has 17 heavy (non-hydrogen) atoms. The van der Waals surface area contributed by atoms with Crippen LogP contribution in [-0.2, 0) is 15.0 Å². The van der Waals surface area contributed by atoms with Crippen molar-refractivity contribution in [3.63, 3.8) is 0 Å². The van der Waals surface area contributed by atoms with Gasteiger partial charge in [-0.15, -0.1) is 0 Å². The van der Waals surface area contributed by atoms with Crippen molar-refractivity contribution in [3.8, 4) is 0 Å². The van der Waals surface area contributed by atoms with E-state index in [0.29, 0.717) is 0 Å². The largest absolute Gasteiger partial charge is 0.467 e. The molecule has 0 saturated carbocycles. The minimum Gasteiger partial charge on any atom is -0.299 e. The predicted molar refractivity (Wildman–Crippen MR) is 46.2 cm³/mol. The van der Waals surface area contributed by atoms with Crippen molar-refractivity contribution in [1.29, 1.82) is 0 Å². The summed E-state index contributed by atoms with van der Waals surface area (Å²) >= 11 is 13.6. The lowest BCUT2D eigenvalue weighted by molar-refractivity contribution is -0.298. The molecule has 3 nitrogen and oxygen atoms in total. The van der Waals surface area contributed by atoms with Gasteiger partial charge < -0.3 is 0 Å². The highest BCUT2D eigenvalue weighted by Gasteiger charge is 2.70. The van der Waals surface area contributed by atoms with Gasteiger partial charge in [0, 0.05) is 0 Å². The molecule has 0 aliphatic heterocycles. The first-order valence-corrected chi connectivity index (χ1v) is 5.79. The van der Waals surface area contributed by atoms with Gasteiger partial charge in [0.05, 0.1) is 0 Å². The molecule has 0 rings (SSSR count). The van der Waals surface area contributed by atoms with Crippen molar-refractivity contribution in [3.05, 3.63) is 0 Å². The minimum atomic E-state index is -6.96. The molecule has 0 aromatic rings. The zero-order chi connectivity index (χ0) is 14.3. The number of hydrogen-bond acceptors (Lipinski definition) is 3. The van der Waals surface area contributed by atoms with E-state index < -0.39 is 31.7 Å². The first kappa shape index (κ1) is 17.4. The van der Waals surface area contributed by atoms with E-state index in [4.69, 9.17) is 0 Å². The first-order valence-electron chi connectivity index (χ1n) is 3.21. The summed E-state index contributed by atoms with van der Waals surface area (Å²) in [5, 5.41) is -5.88. The molecule has 0 saturated heterocycles. The fourth-order valence-electron chi connectivity index (χ4n) is 0.462. The fourth-order valence-corrected chi connectivity index (χ4v) is 1.21. The van der Waals surface area contributed by atoms with Crippen molar-refractivity contribution in [2.24, 2.45) is 0 Å². The minimum absolute atomic E-state index is 2.90. The highest BCUT2D eigenvalue weighted by molar-refractivity contribution is 7.87. The maximum atomic E-state index is 12.9. The highest BCUT2D eigenvalue weighted by atomic mass is 35.5. The number of hydrogen-bond donors (Lipinski definition) is 0. The predicted octanol–water partition coefficient (Wildman–Crippen LogP) is 3.15. The number of alkyl halides is 8. The topological polar surface area (TPSA) is 43.4 Å². The standard InChI is InChI=1S/C4HCl3F6O3S/c5-1(2(6,7)8)16-4(12,3(9,10)11)17(13,14)15/h1H. The summed E-state index contributed by atoms with van der Waals surface area (Å²) in [6.45, 7) is 0. The van der Waals surface area contributed by atoms with E-state index in [1.54, 1.807) is 0 Å². The van der Waals surface area contributed by atoms with Crippen molar-refractivity contribution < 1.29 is 39.0 Å². The quantitative estimate of drug-likeness (QED) is 0.445. The molecule has 2 atom stereocenters. The van der Waals surface area contributed by atoms with Crippen LogP contribution in [0, 0.1) is 0 Å². The van der Waals surface area contributed by atoms with Crippen LogP contribution in [0.1, 0.15) is 0 Å². The number of ether oxygens (including phenoxy) is 1. The Hall–Kier alpha value is 0.360. The third-order valence-corrected chi connectivity index (χ3v) is 3.13. The van der Waals surface area contributed by atoms with Crippen molar-refractivity contribution in [1.82, 2.24) is 0 Å². The third-order valence-electron chi connectivity index (χ3n) is 1.16. The molecule has 0 aliphatic rings. The fraction of sp³-hybridized carbons (Fsp3) is 1.00. The molecule has 13 heteroatoms. The van der Waals surface area contributed by atoms with Gasteiger partial charge in [-0.2, -0.15) is 26.0 Å². The van der Waals surface area contributed by atoms with Crippen molar-refractivity contribution in [2.75, 3.05) is 0 Å². The van der Waals surface area contributed by atoms with E-state index in [2.05, 4.69) is 39.5 Å². The molecule has 0 spiro atoms. The molecule has 0 bridgehead atoms. The zero-order valence-electron chi connectivity index (χ0n) is 7.11. The van der Waals surface area contributed by atoms with Gasteiger partial charge in [0.25, 0.3) is 4.59 Å². The molecule has 0 amide bonds. The van der Waals surface area contributed by atoms with Crippen LogP contribution in [0.15, 0.2) is 0 Å². The molecule has 0 heterocycles. The Balaban J connectivity index is 5.43. The Bertz CT molecular complexity index is 377. The summed E-state index contributed by atoms with van der Waals surface area (Å²) in [6.07, 6.45) is -6.38. The van der Waals surface area contributed by atoms with Gasteiger partial charge in [0.1, 0.15) is 0 Å². The maximum Gasteiger partial charge on any atom is 0.467 e. The van der Waals surface area contributed by atoms with Gasteiger partial charge >= 0.3 is 21.6 Å². The van der Waals surface area contributed by atoms with E-state index in [0.717, 1.165) is 0 Å². The van der Waals surface area contributed by atoms with E-state index in [9.17, 15) is 34.3 Å². The Kier molecular flexibility index (Phi) is 4.90. The molecule has 104 valence electrons. The van der Waals surface area contributed by atoms with Gasteiger partial charge in [-0.1, -0.05) is 38.7 Å². The van der Waals surface area contributed by atoms with Crippen LogP contribution >= 0.6 is 34.8 Å². The van der Waals surface area contributed by atoms with E-state index in [1.807, 2.05) is 0 Å². The van der Waals surface area contributed by atoms with Gasteiger partial charge in [-0.25, -0.2) is 4.39 Å². The Morgan fingerprint density at radius 1 is 1.06 bits per heavy atom. The van der Waals surface area contributed by atoms with Crippen LogP contribution in [0.2, 0.25) is 0 Å². The first-order chi connectivity index (χ1) is 7.13. The normalized spacial score (nSPS) is 19.8. The van der Waals surface area contributed by atoms with Crippen LogP contribution in [0.3, 0.4) is 0 Å². The van der Waals surface area contributed by atoms with E-state index >= 15 is 0 Å². The van der Waals surface area contributed by atoms with Gasteiger partial charge in [0.15, 0.2) is 5.56 Å². The maximum absolute atomic E-state index is 12.9. The number of rotatable bonds is 4. The summed E-state index contributed by atoms with van der Waals surface area (Å²) in [5.41, 5.74) is -3.14. The second-order valence-corrected chi connectivity index (χ2v) is 5.54. The monoisotopic (exact) mass is 348 g/mol. The summed E-state index contributed by atoms with van der Waals surface area (Å²) < 4.78 is 92.6. The van der Waals surface area contributed by atoms with Gasteiger partial charge in [0.2, 0.25) is 0 Å². The highest BCUT2D eigenvalue weighted by Crippen LogP contribution is 2.44. The Morgan fingerprint density at radius 2 is 1.41 bits per heavy atom. The Morgan fingerprint density at radius 3 is 1.59 bits per heavy atom. The van der Waals surface area contributed by atoms with Crippen molar-refractivity contribution in [2.45, 2.75) is 21.5 Å². The van der Waals surface area contributed by atoms with Crippen LogP contribution in [0.25, 0.3) is 0 Å². The lowest BCUT2D eigenvalue weighted by Gasteiger charge is -2.27. The SMILES string of the molecule is O=S(=O)(F)C(F)(OC(Cl)C(F)(Cl)Cl)C(F)(F)F. The molecular formula is C4HCl3F6O3S. The smallest absolute Gasteiger partial charge is 0.299 e. The second-order valence-electron chi connectivity index (χ2n) is 2.45. The summed E-state index contributed by atoms with van der Waals surface area (Å²) in [7, 11) is -6.96. The molecule has 0 aromatic heterocycles. The number of halogens is 9. The van der Waals surface area contributed by atoms with E-state index in [-0.39, 0.29) is 0 Å². The molecule has 0 N–H and O–H groups in total. The Labute approximate surface area is 106 Å². The van der Waals surface area contributed by atoms with E-state index in [1.165, 1.54) is 0 Å². The van der Waals surface area contributed by atoms with Crippen LogP contribution < -0.4 is 0 Å². The van der Waals surface area contributed by atoms with Crippen LogP contribution in [0.5, 0.6) is 0 Å². The summed E-state index contributed by atoms with van der Waals surface area (Å²) in [4.78, 5) is 0. The molecule has 2 unspecified atom stereocenters. The average Bonchev–Trinajstić information content (AvgIpc) is 1.97. The zero-order valence-corrected chi connectivity index (χ0v) is 10.2. The second kappa shape index (κ2) is 4.80. The molecule has 0 aromatic carbocycles. The lowest BCUT2D eigenvalue weighted by Crippen LogP contribution is -2.51. The average molecular weight is 349 g/mol. The van der Waals surface area contributed by atoms with Crippen LogP contribution in [-0.4, -0.2) is 29.9 Å². The molecular weight excluding hydrogens is 348 g/mol. The molecule has 0 aliphatic carbocycles.